The van der Waals surface area contributed by atoms with Crippen LogP contribution in [0.3, 0.4) is 0 Å². The Morgan fingerprint density at radius 3 is 2.59 bits per heavy atom. The molecule has 3 rings (SSSR count). The Balaban J connectivity index is 1.69. The Kier molecular flexibility index (Phi) is 6.33. The molecule has 2 N–H and O–H groups in total. The lowest BCUT2D eigenvalue weighted by atomic mass is 10.1. The molecule has 1 fully saturated rings. The minimum Gasteiger partial charge on any atom is -0.495 e. The van der Waals surface area contributed by atoms with E-state index in [1.807, 2.05) is 36.9 Å². The highest BCUT2D eigenvalue weighted by molar-refractivity contribution is 6.31. The highest BCUT2D eigenvalue weighted by atomic mass is 35.5. The number of hydrogen-bond donors (Lipinski definition) is 2. The lowest BCUT2D eigenvalue weighted by Gasteiger charge is -2.21. The normalized spacial score (nSPS) is 14.7. The van der Waals surface area contributed by atoms with Gasteiger partial charge in [0.05, 0.1) is 12.8 Å². The molecule has 0 aliphatic carbocycles. The van der Waals surface area contributed by atoms with Crippen LogP contribution in [-0.2, 0) is 9.59 Å². The minimum absolute atomic E-state index is 0.161. The van der Waals surface area contributed by atoms with E-state index in [0.29, 0.717) is 22.9 Å². The maximum atomic E-state index is 12.7. The predicted octanol–water partition coefficient (Wildman–Crippen LogP) is 4.53. The third-order valence-electron chi connectivity index (χ3n) is 5.08. The Morgan fingerprint density at radius 2 is 1.97 bits per heavy atom. The van der Waals surface area contributed by atoms with Gasteiger partial charge in [-0.25, -0.2) is 0 Å². The van der Waals surface area contributed by atoms with Crippen LogP contribution in [0.15, 0.2) is 30.3 Å². The van der Waals surface area contributed by atoms with Crippen LogP contribution in [0.5, 0.6) is 5.75 Å². The van der Waals surface area contributed by atoms with Crippen molar-refractivity contribution in [2.45, 2.75) is 39.7 Å². The second-order valence-electron chi connectivity index (χ2n) is 7.31. The number of ether oxygens (including phenoxy) is 1. The van der Waals surface area contributed by atoms with Crippen molar-refractivity contribution in [1.29, 1.82) is 0 Å². The Hall–Kier alpha value is -2.73. The average Bonchev–Trinajstić information content (AvgIpc) is 3.10. The summed E-state index contributed by atoms with van der Waals surface area (Å²) >= 11 is 6.13. The zero-order valence-electron chi connectivity index (χ0n) is 17.1. The van der Waals surface area contributed by atoms with Crippen LogP contribution in [0.1, 0.15) is 30.9 Å². The summed E-state index contributed by atoms with van der Waals surface area (Å²) < 4.78 is 5.31. The van der Waals surface area contributed by atoms with Crippen LogP contribution in [0.25, 0.3) is 0 Å². The third kappa shape index (κ3) is 4.65. The lowest BCUT2D eigenvalue weighted by Crippen LogP contribution is -2.32. The molecule has 2 aromatic carbocycles. The molecule has 1 heterocycles. The molecule has 0 radical (unpaired) electrons. The summed E-state index contributed by atoms with van der Waals surface area (Å²) in [5.41, 5.74) is 4.17. The number of carbonyl (C=O) groups is 2. The van der Waals surface area contributed by atoms with Gasteiger partial charge in [-0.3, -0.25) is 9.59 Å². The van der Waals surface area contributed by atoms with Crippen LogP contribution in [-0.4, -0.2) is 31.5 Å². The molecular formula is C22H26ClN3O3. The van der Waals surface area contributed by atoms with Crippen molar-refractivity contribution in [3.8, 4) is 5.75 Å². The standard InChI is InChI=1S/C22H26ClN3O3/c1-13-11-18(20(29-4)12-17(13)23)25-22(28)15(3)24-16-7-8-19(14(2)10-16)26-9-5-6-21(26)27/h7-8,10-12,15,24H,5-6,9H2,1-4H3,(H,25,28). The minimum atomic E-state index is -0.477. The number of anilines is 3. The first-order valence-corrected chi connectivity index (χ1v) is 10.0. The number of amides is 2. The summed E-state index contributed by atoms with van der Waals surface area (Å²) in [7, 11) is 1.54. The molecule has 1 aliphatic rings. The molecule has 1 saturated heterocycles. The molecule has 1 unspecified atom stereocenters. The number of carbonyl (C=O) groups excluding carboxylic acids is 2. The molecule has 7 heteroatoms. The van der Waals surface area contributed by atoms with Gasteiger partial charge in [0.15, 0.2) is 0 Å². The van der Waals surface area contributed by atoms with Crippen molar-refractivity contribution >= 4 is 40.5 Å². The first-order chi connectivity index (χ1) is 13.8. The zero-order valence-corrected chi connectivity index (χ0v) is 17.9. The highest BCUT2D eigenvalue weighted by Gasteiger charge is 2.23. The van der Waals surface area contributed by atoms with Crippen LogP contribution in [0.2, 0.25) is 5.02 Å². The van der Waals surface area contributed by atoms with E-state index in [2.05, 4.69) is 10.6 Å². The van der Waals surface area contributed by atoms with E-state index < -0.39 is 6.04 Å². The summed E-state index contributed by atoms with van der Waals surface area (Å²) in [5, 5.41) is 6.68. The van der Waals surface area contributed by atoms with Crippen LogP contribution in [0, 0.1) is 13.8 Å². The topological polar surface area (TPSA) is 70.7 Å². The van der Waals surface area contributed by atoms with Crippen LogP contribution >= 0.6 is 11.6 Å². The number of aryl methyl sites for hydroxylation is 2. The van der Waals surface area contributed by atoms with Crippen molar-refractivity contribution in [1.82, 2.24) is 0 Å². The average molecular weight is 416 g/mol. The molecule has 154 valence electrons. The Bertz CT molecular complexity index is 945. The summed E-state index contributed by atoms with van der Waals surface area (Å²) in [6.07, 6.45) is 1.49. The molecule has 2 aromatic rings. The number of rotatable bonds is 6. The van der Waals surface area contributed by atoms with Gasteiger partial charge in [0.25, 0.3) is 0 Å². The Morgan fingerprint density at radius 1 is 1.21 bits per heavy atom. The molecule has 0 saturated carbocycles. The van der Waals surface area contributed by atoms with E-state index in [4.69, 9.17) is 16.3 Å². The molecule has 1 aliphatic heterocycles. The monoisotopic (exact) mass is 415 g/mol. The highest BCUT2D eigenvalue weighted by Crippen LogP contribution is 2.31. The summed E-state index contributed by atoms with van der Waals surface area (Å²) in [6, 6.07) is 8.78. The number of halogens is 1. The summed E-state index contributed by atoms with van der Waals surface area (Å²) in [6.45, 7) is 6.39. The summed E-state index contributed by atoms with van der Waals surface area (Å²) in [4.78, 5) is 26.5. The van der Waals surface area contributed by atoms with Gasteiger partial charge in [-0.2, -0.15) is 0 Å². The van der Waals surface area contributed by atoms with Gasteiger partial charge in [-0.1, -0.05) is 11.6 Å². The van der Waals surface area contributed by atoms with Crippen molar-refractivity contribution < 1.29 is 14.3 Å². The van der Waals surface area contributed by atoms with Gasteiger partial charge < -0.3 is 20.3 Å². The first kappa shape index (κ1) is 21.0. The molecular weight excluding hydrogens is 390 g/mol. The van der Waals surface area contributed by atoms with Crippen LogP contribution in [0.4, 0.5) is 17.1 Å². The van der Waals surface area contributed by atoms with Crippen molar-refractivity contribution in [2.75, 3.05) is 29.2 Å². The molecule has 6 nitrogen and oxygen atoms in total. The number of methoxy groups -OCH3 is 1. The van der Waals surface area contributed by atoms with E-state index in [-0.39, 0.29) is 11.8 Å². The fraction of sp³-hybridized carbons (Fsp3) is 0.364. The molecule has 2 amide bonds. The lowest BCUT2D eigenvalue weighted by molar-refractivity contribution is -0.117. The van der Waals surface area contributed by atoms with Crippen LogP contribution < -0.4 is 20.3 Å². The predicted molar refractivity (Wildman–Crippen MR) is 117 cm³/mol. The largest absolute Gasteiger partial charge is 0.495 e. The van der Waals surface area contributed by atoms with E-state index in [0.717, 1.165) is 35.5 Å². The fourth-order valence-corrected chi connectivity index (χ4v) is 3.59. The third-order valence-corrected chi connectivity index (χ3v) is 5.48. The van der Waals surface area contributed by atoms with E-state index in [1.165, 1.54) is 7.11 Å². The number of benzene rings is 2. The molecule has 29 heavy (non-hydrogen) atoms. The maximum absolute atomic E-state index is 12.7. The van der Waals surface area contributed by atoms with Gasteiger partial charge in [-0.15, -0.1) is 0 Å². The van der Waals surface area contributed by atoms with Gasteiger partial charge in [0.2, 0.25) is 11.8 Å². The number of hydrogen-bond acceptors (Lipinski definition) is 4. The van der Waals surface area contributed by atoms with Gasteiger partial charge >= 0.3 is 0 Å². The fourth-order valence-electron chi connectivity index (χ4n) is 3.44. The maximum Gasteiger partial charge on any atom is 0.246 e. The summed E-state index contributed by atoms with van der Waals surface area (Å²) in [5.74, 6) is 0.479. The molecule has 0 spiro atoms. The quantitative estimate of drug-likeness (QED) is 0.727. The Labute approximate surface area is 176 Å². The van der Waals surface area contributed by atoms with Crippen molar-refractivity contribution in [3.63, 3.8) is 0 Å². The van der Waals surface area contributed by atoms with Crippen molar-refractivity contribution in [2.24, 2.45) is 0 Å². The number of nitrogens with one attached hydrogen (secondary N) is 2. The smallest absolute Gasteiger partial charge is 0.246 e. The van der Waals surface area contributed by atoms with Gasteiger partial charge in [0, 0.05) is 35.4 Å². The van der Waals surface area contributed by atoms with E-state index in [9.17, 15) is 9.59 Å². The molecule has 1 atom stereocenters. The van der Waals surface area contributed by atoms with Crippen molar-refractivity contribution in [3.05, 3.63) is 46.5 Å². The SMILES string of the molecule is COc1cc(Cl)c(C)cc1NC(=O)C(C)Nc1ccc(N2CCCC2=O)c(C)c1. The van der Waals surface area contributed by atoms with E-state index in [1.54, 1.807) is 19.1 Å². The van der Waals surface area contributed by atoms with Gasteiger partial charge in [-0.05, 0) is 62.6 Å². The second kappa shape index (κ2) is 8.74. The second-order valence-corrected chi connectivity index (χ2v) is 7.71. The molecule has 0 aromatic heterocycles. The van der Waals surface area contributed by atoms with E-state index >= 15 is 0 Å². The first-order valence-electron chi connectivity index (χ1n) is 9.62. The number of nitrogens with zero attached hydrogens (tertiary/aromatic N) is 1. The molecule has 0 bridgehead atoms. The van der Waals surface area contributed by atoms with Gasteiger partial charge in [0.1, 0.15) is 11.8 Å². The zero-order chi connectivity index (χ0) is 21.1.